The van der Waals surface area contributed by atoms with E-state index in [0.717, 1.165) is 23.3 Å². The molecule has 1 amide bonds. The van der Waals surface area contributed by atoms with E-state index in [1.807, 2.05) is 31.2 Å². The van der Waals surface area contributed by atoms with Gasteiger partial charge in [-0.25, -0.2) is 0 Å². The van der Waals surface area contributed by atoms with Gasteiger partial charge in [0.1, 0.15) is 11.5 Å². The summed E-state index contributed by atoms with van der Waals surface area (Å²) in [5, 5.41) is 13.0. The SMILES string of the molecule is COc1cccc(C)c1C(=O)N[C@@H](c1ccc2c(c1)CCO2)C1CC(O)C1. The van der Waals surface area contributed by atoms with Crippen LogP contribution in [-0.2, 0) is 6.42 Å². The van der Waals surface area contributed by atoms with Gasteiger partial charge in [0, 0.05) is 6.42 Å². The van der Waals surface area contributed by atoms with Crippen LogP contribution < -0.4 is 14.8 Å². The Balaban J connectivity index is 1.63. The Morgan fingerprint density at radius 2 is 2.11 bits per heavy atom. The highest BCUT2D eigenvalue weighted by Gasteiger charge is 2.36. The first-order valence-electron chi connectivity index (χ1n) is 9.45. The highest BCUT2D eigenvalue weighted by molar-refractivity contribution is 5.98. The number of amides is 1. The van der Waals surface area contributed by atoms with Gasteiger partial charge in [-0.1, -0.05) is 18.2 Å². The lowest BCUT2D eigenvalue weighted by Crippen LogP contribution is -2.41. The summed E-state index contributed by atoms with van der Waals surface area (Å²) < 4.78 is 11.0. The fraction of sp³-hybridized carbons (Fsp3) is 0.409. The Morgan fingerprint density at radius 1 is 1.30 bits per heavy atom. The number of fused-ring (bicyclic) bond motifs is 1. The molecule has 2 aromatic carbocycles. The summed E-state index contributed by atoms with van der Waals surface area (Å²) in [5.74, 6) is 1.58. The first-order valence-corrected chi connectivity index (χ1v) is 9.45. The second kappa shape index (κ2) is 7.24. The van der Waals surface area contributed by atoms with Gasteiger partial charge in [0.2, 0.25) is 0 Å². The molecule has 5 nitrogen and oxygen atoms in total. The number of aliphatic hydroxyl groups excluding tert-OH is 1. The van der Waals surface area contributed by atoms with Gasteiger partial charge in [-0.05, 0) is 60.6 Å². The predicted molar refractivity (Wildman–Crippen MR) is 102 cm³/mol. The second-order valence-corrected chi connectivity index (χ2v) is 7.45. The number of carbonyl (C=O) groups excluding carboxylic acids is 1. The number of methoxy groups -OCH3 is 1. The fourth-order valence-electron chi connectivity index (χ4n) is 4.09. The van der Waals surface area contributed by atoms with Crippen LogP contribution in [0.5, 0.6) is 11.5 Å². The van der Waals surface area contributed by atoms with Gasteiger partial charge in [-0.3, -0.25) is 4.79 Å². The van der Waals surface area contributed by atoms with Crippen molar-refractivity contribution in [2.75, 3.05) is 13.7 Å². The van der Waals surface area contributed by atoms with Gasteiger partial charge in [-0.2, -0.15) is 0 Å². The molecule has 142 valence electrons. The minimum atomic E-state index is -0.278. The van der Waals surface area contributed by atoms with Crippen molar-refractivity contribution in [3.8, 4) is 11.5 Å². The summed E-state index contributed by atoms with van der Waals surface area (Å²) in [6.45, 7) is 2.62. The quantitative estimate of drug-likeness (QED) is 0.852. The largest absolute Gasteiger partial charge is 0.496 e. The van der Waals surface area contributed by atoms with Crippen LogP contribution in [0.1, 0.15) is 45.9 Å². The lowest BCUT2D eigenvalue weighted by Gasteiger charge is -2.38. The first kappa shape index (κ1) is 17.9. The third kappa shape index (κ3) is 3.39. The molecule has 0 radical (unpaired) electrons. The van der Waals surface area contributed by atoms with E-state index >= 15 is 0 Å². The molecule has 0 bridgehead atoms. The van der Waals surface area contributed by atoms with E-state index in [-0.39, 0.29) is 24.0 Å². The van der Waals surface area contributed by atoms with E-state index in [0.29, 0.717) is 30.8 Å². The van der Waals surface area contributed by atoms with Gasteiger partial charge in [0.15, 0.2) is 0 Å². The topological polar surface area (TPSA) is 67.8 Å². The fourth-order valence-corrected chi connectivity index (χ4v) is 4.09. The van der Waals surface area contributed by atoms with Crippen LogP contribution in [-0.4, -0.2) is 30.8 Å². The Labute approximate surface area is 159 Å². The number of benzene rings is 2. The Kier molecular flexibility index (Phi) is 4.79. The molecule has 4 rings (SSSR count). The Hall–Kier alpha value is -2.53. The zero-order chi connectivity index (χ0) is 19.0. The van der Waals surface area contributed by atoms with Gasteiger partial charge in [0.05, 0.1) is 31.4 Å². The molecule has 2 aromatic rings. The van der Waals surface area contributed by atoms with Crippen LogP contribution in [0, 0.1) is 12.8 Å². The van der Waals surface area contributed by atoms with Crippen LogP contribution in [0.15, 0.2) is 36.4 Å². The van der Waals surface area contributed by atoms with Crippen molar-refractivity contribution in [2.45, 2.75) is 38.3 Å². The molecule has 0 spiro atoms. The minimum absolute atomic E-state index is 0.142. The number of aliphatic hydroxyl groups is 1. The molecule has 2 N–H and O–H groups in total. The Bertz CT molecular complexity index is 857. The molecule has 1 heterocycles. The average Bonchev–Trinajstić information content (AvgIpc) is 3.11. The van der Waals surface area contributed by atoms with Gasteiger partial charge >= 0.3 is 0 Å². The lowest BCUT2D eigenvalue weighted by molar-refractivity contribution is 0.0235. The predicted octanol–water partition coefficient (Wildman–Crippen LogP) is 3.18. The van der Waals surface area contributed by atoms with Crippen molar-refractivity contribution >= 4 is 5.91 Å². The number of nitrogens with one attached hydrogen (secondary N) is 1. The minimum Gasteiger partial charge on any atom is -0.496 e. The van der Waals surface area contributed by atoms with Crippen molar-refractivity contribution in [2.24, 2.45) is 5.92 Å². The maximum atomic E-state index is 13.1. The van der Waals surface area contributed by atoms with E-state index < -0.39 is 0 Å². The number of ether oxygens (including phenoxy) is 2. The Morgan fingerprint density at radius 3 is 2.85 bits per heavy atom. The molecule has 5 heteroatoms. The molecule has 1 aliphatic heterocycles. The highest BCUT2D eigenvalue weighted by atomic mass is 16.5. The molecule has 0 aromatic heterocycles. The molecule has 0 saturated heterocycles. The van der Waals surface area contributed by atoms with Crippen LogP contribution in [0.25, 0.3) is 0 Å². The van der Waals surface area contributed by atoms with E-state index in [2.05, 4.69) is 11.4 Å². The van der Waals surface area contributed by atoms with Crippen molar-refractivity contribution in [3.63, 3.8) is 0 Å². The summed E-state index contributed by atoms with van der Waals surface area (Å²) in [4.78, 5) is 13.1. The maximum Gasteiger partial charge on any atom is 0.255 e. The normalized spacial score (nSPS) is 21.6. The van der Waals surface area contributed by atoms with E-state index in [1.54, 1.807) is 13.2 Å². The summed E-state index contributed by atoms with van der Waals surface area (Å²) in [7, 11) is 1.58. The summed E-state index contributed by atoms with van der Waals surface area (Å²) in [6.07, 6.45) is 2.01. The summed E-state index contributed by atoms with van der Waals surface area (Å²) in [5.41, 5.74) is 3.69. The van der Waals surface area contributed by atoms with Gasteiger partial charge < -0.3 is 19.9 Å². The lowest BCUT2D eigenvalue weighted by atomic mass is 9.74. The summed E-state index contributed by atoms with van der Waals surface area (Å²) >= 11 is 0. The van der Waals surface area contributed by atoms with E-state index in [9.17, 15) is 9.90 Å². The van der Waals surface area contributed by atoms with Crippen molar-refractivity contribution in [1.82, 2.24) is 5.32 Å². The molecular weight excluding hydrogens is 342 g/mol. The third-order valence-corrected chi connectivity index (χ3v) is 5.66. The van der Waals surface area contributed by atoms with Crippen LogP contribution in [0.4, 0.5) is 0 Å². The maximum absolute atomic E-state index is 13.1. The summed E-state index contributed by atoms with van der Waals surface area (Å²) in [6, 6.07) is 11.6. The second-order valence-electron chi connectivity index (χ2n) is 7.45. The third-order valence-electron chi connectivity index (χ3n) is 5.66. The zero-order valence-electron chi connectivity index (χ0n) is 15.7. The average molecular weight is 367 g/mol. The molecular formula is C22H25NO4. The van der Waals surface area contributed by atoms with Crippen molar-refractivity contribution < 1.29 is 19.4 Å². The van der Waals surface area contributed by atoms with E-state index in [1.165, 1.54) is 5.56 Å². The van der Waals surface area contributed by atoms with E-state index in [4.69, 9.17) is 9.47 Å². The number of rotatable bonds is 5. The van der Waals surface area contributed by atoms with Gasteiger partial charge in [-0.15, -0.1) is 0 Å². The highest BCUT2D eigenvalue weighted by Crippen LogP contribution is 2.40. The van der Waals surface area contributed by atoms with Crippen molar-refractivity contribution in [3.05, 3.63) is 58.7 Å². The molecule has 27 heavy (non-hydrogen) atoms. The van der Waals surface area contributed by atoms with Crippen LogP contribution >= 0.6 is 0 Å². The number of aryl methyl sites for hydroxylation is 1. The molecule has 2 aliphatic rings. The monoisotopic (exact) mass is 367 g/mol. The van der Waals surface area contributed by atoms with Crippen molar-refractivity contribution in [1.29, 1.82) is 0 Å². The first-order chi connectivity index (χ1) is 13.1. The van der Waals surface area contributed by atoms with Crippen LogP contribution in [0.3, 0.4) is 0 Å². The number of carbonyl (C=O) groups is 1. The number of hydrogen-bond acceptors (Lipinski definition) is 4. The molecule has 1 saturated carbocycles. The standard InChI is InChI=1S/C22H25NO4/c1-13-4-3-5-19(26-2)20(13)22(25)23-21(16-11-17(24)12-16)15-6-7-18-14(10-15)8-9-27-18/h3-7,10,16-17,21,24H,8-9,11-12H2,1-2H3,(H,23,25)/t16?,17?,21-/m0/s1. The molecule has 1 fully saturated rings. The molecule has 1 atom stereocenters. The molecule has 1 aliphatic carbocycles. The van der Waals surface area contributed by atoms with Gasteiger partial charge in [0.25, 0.3) is 5.91 Å². The molecule has 0 unspecified atom stereocenters. The number of hydrogen-bond donors (Lipinski definition) is 2. The smallest absolute Gasteiger partial charge is 0.255 e. The zero-order valence-corrected chi connectivity index (χ0v) is 15.7. The van der Waals surface area contributed by atoms with Crippen LogP contribution in [0.2, 0.25) is 0 Å².